The predicted molar refractivity (Wildman–Crippen MR) is 86.2 cm³/mol. The van der Waals surface area contributed by atoms with Gasteiger partial charge in [0.25, 0.3) is 5.91 Å². The molecule has 2 rings (SSSR count). The van der Waals surface area contributed by atoms with Gasteiger partial charge in [0.2, 0.25) is 0 Å². The van der Waals surface area contributed by atoms with Gasteiger partial charge in [-0.15, -0.1) is 0 Å². The van der Waals surface area contributed by atoms with Gasteiger partial charge in [0.15, 0.2) is 0 Å². The second-order valence-electron chi connectivity index (χ2n) is 4.93. The molecule has 0 saturated carbocycles. The summed E-state index contributed by atoms with van der Waals surface area (Å²) in [6.07, 6.45) is 3.47. The summed E-state index contributed by atoms with van der Waals surface area (Å²) in [7, 11) is 0. The smallest absolute Gasteiger partial charge is 0.276 e. The molecule has 5 heteroatoms. The summed E-state index contributed by atoms with van der Waals surface area (Å²) < 4.78 is 0. The number of anilines is 1. The van der Waals surface area contributed by atoms with Crippen molar-refractivity contribution in [2.75, 3.05) is 11.9 Å². The minimum absolute atomic E-state index is 0.290. The largest absolute Gasteiger partial charge is 0.380 e. The lowest BCUT2D eigenvalue weighted by atomic mass is 10.1. The zero-order chi connectivity index (χ0) is 15.8. The minimum Gasteiger partial charge on any atom is -0.380 e. The fourth-order valence-corrected chi connectivity index (χ4v) is 1.81. The second-order valence-corrected chi connectivity index (χ2v) is 4.93. The number of hydrogen-bond acceptors (Lipinski definition) is 4. The standard InChI is InChI=1S/C17H19N3O2/c1-13(2)12-22-20-17(21)15-5-3-4-6-16(15)19-11-14-7-9-18-10-8-14/h3-10,19H,1,11-12H2,2H3,(H,20,21). The van der Waals surface area contributed by atoms with E-state index in [-0.39, 0.29) is 5.91 Å². The van der Waals surface area contributed by atoms with Gasteiger partial charge in [0.05, 0.1) is 12.2 Å². The first-order valence-corrected chi connectivity index (χ1v) is 6.95. The number of hydroxylamine groups is 1. The minimum atomic E-state index is -0.293. The van der Waals surface area contributed by atoms with E-state index in [9.17, 15) is 4.79 Å². The fraction of sp³-hybridized carbons (Fsp3) is 0.176. The molecule has 0 fully saturated rings. The number of rotatable bonds is 7. The molecule has 2 N–H and O–H groups in total. The van der Waals surface area contributed by atoms with Crippen molar-refractivity contribution in [2.45, 2.75) is 13.5 Å². The fourth-order valence-electron chi connectivity index (χ4n) is 1.81. The lowest BCUT2D eigenvalue weighted by Crippen LogP contribution is -2.25. The van der Waals surface area contributed by atoms with Crippen molar-refractivity contribution >= 4 is 11.6 Å². The number of carbonyl (C=O) groups is 1. The predicted octanol–water partition coefficient (Wildman–Crippen LogP) is 2.93. The highest BCUT2D eigenvalue weighted by atomic mass is 16.6. The van der Waals surface area contributed by atoms with E-state index in [0.717, 1.165) is 16.8 Å². The Balaban J connectivity index is 2.00. The molecule has 0 aliphatic carbocycles. The number of nitrogens with zero attached hydrogens (tertiary/aromatic N) is 1. The maximum atomic E-state index is 12.1. The number of amides is 1. The summed E-state index contributed by atoms with van der Waals surface area (Å²) in [5.41, 5.74) is 5.62. The zero-order valence-corrected chi connectivity index (χ0v) is 12.5. The molecule has 0 aliphatic heterocycles. The number of para-hydroxylation sites is 1. The van der Waals surface area contributed by atoms with E-state index in [1.165, 1.54) is 0 Å². The Labute approximate surface area is 130 Å². The van der Waals surface area contributed by atoms with Gasteiger partial charge in [-0.2, -0.15) is 0 Å². The summed E-state index contributed by atoms with van der Waals surface area (Å²) in [5.74, 6) is -0.293. The molecule has 2 aromatic rings. The van der Waals surface area contributed by atoms with E-state index < -0.39 is 0 Å². The number of benzene rings is 1. The van der Waals surface area contributed by atoms with Crippen LogP contribution in [0.25, 0.3) is 0 Å². The van der Waals surface area contributed by atoms with Crippen molar-refractivity contribution < 1.29 is 9.63 Å². The van der Waals surface area contributed by atoms with Crippen LogP contribution >= 0.6 is 0 Å². The number of hydrogen-bond donors (Lipinski definition) is 2. The molecule has 1 aromatic carbocycles. The molecular formula is C17H19N3O2. The Morgan fingerprint density at radius 1 is 1.23 bits per heavy atom. The highest BCUT2D eigenvalue weighted by Crippen LogP contribution is 2.16. The van der Waals surface area contributed by atoms with Crippen LogP contribution < -0.4 is 10.8 Å². The van der Waals surface area contributed by atoms with Crippen LogP contribution in [0.5, 0.6) is 0 Å². The molecular weight excluding hydrogens is 278 g/mol. The lowest BCUT2D eigenvalue weighted by molar-refractivity contribution is 0.0401. The summed E-state index contributed by atoms with van der Waals surface area (Å²) in [5, 5.41) is 3.25. The molecule has 0 saturated heterocycles. The lowest BCUT2D eigenvalue weighted by Gasteiger charge is -2.12. The van der Waals surface area contributed by atoms with Crippen LogP contribution in [0.1, 0.15) is 22.8 Å². The summed E-state index contributed by atoms with van der Waals surface area (Å²) in [4.78, 5) is 21.2. The van der Waals surface area contributed by atoms with E-state index in [1.807, 2.05) is 37.3 Å². The van der Waals surface area contributed by atoms with Gasteiger partial charge in [-0.05, 0) is 36.8 Å². The van der Waals surface area contributed by atoms with Crippen molar-refractivity contribution in [2.24, 2.45) is 0 Å². The molecule has 1 heterocycles. The van der Waals surface area contributed by atoms with Crippen molar-refractivity contribution in [3.63, 3.8) is 0 Å². The Bertz CT molecular complexity index is 641. The molecule has 0 bridgehead atoms. The van der Waals surface area contributed by atoms with Gasteiger partial charge in [0.1, 0.15) is 0 Å². The molecule has 1 aromatic heterocycles. The van der Waals surface area contributed by atoms with E-state index in [1.54, 1.807) is 18.5 Å². The van der Waals surface area contributed by atoms with Crippen LogP contribution in [0.2, 0.25) is 0 Å². The monoisotopic (exact) mass is 297 g/mol. The van der Waals surface area contributed by atoms with Gasteiger partial charge in [-0.3, -0.25) is 14.6 Å². The Hall–Kier alpha value is -2.66. The summed E-state index contributed by atoms with van der Waals surface area (Å²) in [6, 6.07) is 11.1. The molecule has 0 aliphatic rings. The first kappa shape index (κ1) is 15.7. The third-order valence-corrected chi connectivity index (χ3v) is 2.89. The van der Waals surface area contributed by atoms with E-state index >= 15 is 0 Å². The van der Waals surface area contributed by atoms with Crippen LogP contribution in [0, 0.1) is 0 Å². The quantitative estimate of drug-likeness (QED) is 0.609. The Morgan fingerprint density at radius 2 is 1.95 bits per heavy atom. The molecule has 0 atom stereocenters. The first-order valence-electron chi connectivity index (χ1n) is 6.95. The second kappa shape index (κ2) is 7.95. The molecule has 0 unspecified atom stereocenters. The normalized spacial score (nSPS) is 10.0. The van der Waals surface area contributed by atoms with Crippen molar-refractivity contribution in [1.82, 2.24) is 10.5 Å². The van der Waals surface area contributed by atoms with Gasteiger partial charge >= 0.3 is 0 Å². The van der Waals surface area contributed by atoms with Crippen molar-refractivity contribution in [3.8, 4) is 0 Å². The van der Waals surface area contributed by atoms with Crippen LogP contribution in [0.3, 0.4) is 0 Å². The average Bonchev–Trinajstić information content (AvgIpc) is 2.54. The maximum Gasteiger partial charge on any atom is 0.276 e. The number of nitrogens with one attached hydrogen (secondary N) is 2. The Kier molecular flexibility index (Phi) is 5.68. The molecule has 0 spiro atoms. The number of pyridine rings is 1. The Morgan fingerprint density at radius 3 is 2.68 bits per heavy atom. The molecule has 22 heavy (non-hydrogen) atoms. The highest BCUT2D eigenvalue weighted by molar-refractivity contribution is 5.98. The van der Waals surface area contributed by atoms with Crippen LogP contribution in [-0.2, 0) is 11.4 Å². The van der Waals surface area contributed by atoms with Gasteiger partial charge < -0.3 is 5.32 Å². The average molecular weight is 297 g/mol. The first-order chi connectivity index (χ1) is 10.7. The highest BCUT2D eigenvalue weighted by Gasteiger charge is 2.10. The van der Waals surface area contributed by atoms with Crippen molar-refractivity contribution in [1.29, 1.82) is 0 Å². The topological polar surface area (TPSA) is 63.2 Å². The zero-order valence-electron chi connectivity index (χ0n) is 12.5. The molecule has 114 valence electrons. The van der Waals surface area contributed by atoms with Crippen LogP contribution in [-0.4, -0.2) is 17.5 Å². The number of aromatic nitrogens is 1. The van der Waals surface area contributed by atoms with E-state index in [4.69, 9.17) is 4.84 Å². The summed E-state index contributed by atoms with van der Waals surface area (Å²) in [6.45, 7) is 6.44. The van der Waals surface area contributed by atoms with Crippen LogP contribution in [0.15, 0.2) is 60.9 Å². The summed E-state index contributed by atoms with van der Waals surface area (Å²) >= 11 is 0. The maximum absolute atomic E-state index is 12.1. The van der Waals surface area contributed by atoms with Crippen LogP contribution in [0.4, 0.5) is 5.69 Å². The van der Waals surface area contributed by atoms with E-state index in [0.29, 0.717) is 18.7 Å². The SMILES string of the molecule is C=C(C)CONC(=O)c1ccccc1NCc1ccncc1. The van der Waals surface area contributed by atoms with Gasteiger partial charge in [-0.25, -0.2) is 5.48 Å². The van der Waals surface area contributed by atoms with Crippen molar-refractivity contribution in [3.05, 3.63) is 72.1 Å². The van der Waals surface area contributed by atoms with Gasteiger partial charge in [-0.1, -0.05) is 24.3 Å². The third kappa shape index (κ3) is 4.71. The molecule has 1 amide bonds. The molecule has 5 nitrogen and oxygen atoms in total. The van der Waals surface area contributed by atoms with E-state index in [2.05, 4.69) is 22.4 Å². The third-order valence-electron chi connectivity index (χ3n) is 2.89. The van der Waals surface area contributed by atoms with Gasteiger partial charge in [0, 0.05) is 24.6 Å². The molecule has 0 radical (unpaired) electrons. The number of carbonyl (C=O) groups excluding carboxylic acids is 1.